The molecule has 1 N–H and O–H groups in total. The van der Waals surface area contributed by atoms with Crippen LogP contribution in [-0.2, 0) is 24.1 Å². The van der Waals surface area contributed by atoms with Crippen molar-refractivity contribution in [2.24, 2.45) is 4.99 Å². The summed E-state index contributed by atoms with van der Waals surface area (Å²) in [6.45, 7) is 2.85. The van der Waals surface area contributed by atoms with Crippen molar-refractivity contribution in [1.29, 1.82) is 0 Å². The minimum atomic E-state index is -3.49. The Labute approximate surface area is 201 Å². The molecule has 5 rings (SSSR count). The summed E-state index contributed by atoms with van der Waals surface area (Å²) in [5.41, 5.74) is 2.19. The summed E-state index contributed by atoms with van der Waals surface area (Å²) >= 11 is 0. The van der Waals surface area contributed by atoms with Crippen LogP contribution in [0.3, 0.4) is 0 Å². The van der Waals surface area contributed by atoms with Gasteiger partial charge in [-0.25, -0.2) is 28.2 Å². The molecule has 0 radical (unpaired) electrons. The summed E-state index contributed by atoms with van der Waals surface area (Å²) < 4.78 is 45.7. The number of rotatable bonds is 7. The van der Waals surface area contributed by atoms with Gasteiger partial charge in [0, 0.05) is 30.0 Å². The van der Waals surface area contributed by atoms with Gasteiger partial charge in [0.25, 0.3) is 0 Å². The highest BCUT2D eigenvalue weighted by Crippen LogP contribution is 2.33. The van der Waals surface area contributed by atoms with Crippen LogP contribution in [0.1, 0.15) is 19.0 Å². The van der Waals surface area contributed by atoms with Gasteiger partial charge in [0.2, 0.25) is 11.8 Å². The molecule has 2 aliphatic heterocycles. The topological polar surface area (TPSA) is 142 Å². The molecule has 0 amide bonds. The number of aromatic nitrogens is 3. The lowest BCUT2D eigenvalue weighted by molar-refractivity contribution is -0.143. The lowest BCUT2D eigenvalue weighted by atomic mass is 10.1. The number of H-pyrrole nitrogens is 1. The summed E-state index contributed by atoms with van der Waals surface area (Å²) in [6, 6.07) is 8.87. The molecule has 2 atom stereocenters. The molecule has 0 bridgehead atoms. The zero-order valence-corrected chi connectivity index (χ0v) is 19.7. The molecule has 4 heterocycles. The number of carbonyl (C=O) groups excluding carboxylic acids is 1. The standard InChI is InChI=1S/C23H22N4O7S/c1-13-10-26-22(32-13)18-4-3-17(27-18)14-7-15(33-19-5-6-31-23(19)28)9-16(8-14)34-20-11-25-21(12-24-20)35(2,29)30/h3-4,7-9,11-13,19,27H,5-6,10H2,1-2H3/t13-,19?/m0/s1. The van der Waals surface area contributed by atoms with E-state index in [0.717, 1.165) is 23.8 Å². The second kappa shape index (κ2) is 9.02. The summed E-state index contributed by atoms with van der Waals surface area (Å²) in [5.74, 6) is 0.955. The number of ether oxygens (including phenoxy) is 4. The first-order valence-corrected chi connectivity index (χ1v) is 12.7. The Kier molecular flexibility index (Phi) is 5.89. The van der Waals surface area contributed by atoms with E-state index in [-0.39, 0.29) is 17.0 Å². The molecule has 0 aliphatic carbocycles. The zero-order valence-electron chi connectivity index (χ0n) is 18.9. The molecule has 1 aromatic carbocycles. The van der Waals surface area contributed by atoms with Crippen LogP contribution in [0.2, 0.25) is 0 Å². The third kappa shape index (κ3) is 5.11. The highest BCUT2D eigenvalue weighted by molar-refractivity contribution is 7.90. The Morgan fingerprint density at radius 3 is 2.54 bits per heavy atom. The molecule has 1 fully saturated rings. The van der Waals surface area contributed by atoms with Crippen molar-refractivity contribution < 1.29 is 32.2 Å². The van der Waals surface area contributed by atoms with Crippen LogP contribution in [0, 0.1) is 0 Å². The van der Waals surface area contributed by atoms with Gasteiger partial charge in [-0.3, -0.25) is 0 Å². The van der Waals surface area contributed by atoms with E-state index in [4.69, 9.17) is 18.9 Å². The SMILES string of the molecule is C[C@H]1CN=C(c2ccc(-c3cc(Oc4cnc(S(C)(=O)=O)cn4)cc(OC4CCOC4=O)c3)[nH]2)O1. The minimum Gasteiger partial charge on any atom is -0.478 e. The van der Waals surface area contributed by atoms with Gasteiger partial charge in [-0.1, -0.05) is 0 Å². The minimum absolute atomic E-state index is 0.0230. The first kappa shape index (κ1) is 22.8. The van der Waals surface area contributed by atoms with Gasteiger partial charge in [0.15, 0.2) is 21.0 Å². The second-order valence-corrected chi connectivity index (χ2v) is 10.1. The number of aromatic amines is 1. The van der Waals surface area contributed by atoms with Crippen molar-refractivity contribution in [3.8, 4) is 28.6 Å². The molecule has 0 saturated carbocycles. The van der Waals surface area contributed by atoms with E-state index in [0.29, 0.717) is 42.5 Å². The van der Waals surface area contributed by atoms with E-state index < -0.39 is 21.9 Å². The molecule has 12 heteroatoms. The molecule has 182 valence electrons. The van der Waals surface area contributed by atoms with Crippen molar-refractivity contribution in [3.63, 3.8) is 0 Å². The maximum absolute atomic E-state index is 11.9. The van der Waals surface area contributed by atoms with E-state index in [1.165, 1.54) is 6.20 Å². The Morgan fingerprint density at radius 2 is 1.89 bits per heavy atom. The van der Waals surface area contributed by atoms with Gasteiger partial charge in [-0.05, 0) is 31.2 Å². The summed E-state index contributed by atoms with van der Waals surface area (Å²) in [6.07, 6.45) is 3.15. The normalized spacial score (nSPS) is 19.7. The number of cyclic esters (lactones) is 1. The first-order valence-electron chi connectivity index (χ1n) is 10.8. The number of benzene rings is 1. The predicted molar refractivity (Wildman–Crippen MR) is 123 cm³/mol. The molecule has 1 unspecified atom stereocenters. The third-order valence-electron chi connectivity index (χ3n) is 5.28. The van der Waals surface area contributed by atoms with Crippen LogP contribution in [0.4, 0.5) is 0 Å². The number of hydrogen-bond donors (Lipinski definition) is 1. The second-order valence-electron chi connectivity index (χ2n) is 8.18. The molecule has 3 aromatic rings. The fraction of sp³-hybridized carbons (Fsp3) is 0.304. The fourth-order valence-electron chi connectivity index (χ4n) is 3.59. The van der Waals surface area contributed by atoms with E-state index in [2.05, 4.69) is 19.9 Å². The van der Waals surface area contributed by atoms with Crippen LogP contribution in [-0.4, -0.2) is 66.9 Å². The van der Waals surface area contributed by atoms with Crippen LogP contribution >= 0.6 is 0 Å². The number of nitrogens with zero attached hydrogens (tertiary/aromatic N) is 3. The number of nitrogens with one attached hydrogen (secondary N) is 1. The highest BCUT2D eigenvalue weighted by Gasteiger charge is 2.29. The molecule has 35 heavy (non-hydrogen) atoms. The van der Waals surface area contributed by atoms with Crippen LogP contribution in [0.25, 0.3) is 11.3 Å². The van der Waals surface area contributed by atoms with E-state index in [1.807, 2.05) is 19.1 Å². The van der Waals surface area contributed by atoms with Gasteiger partial charge in [0.1, 0.15) is 23.3 Å². The molecule has 1 saturated heterocycles. The van der Waals surface area contributed by atoms with Gasteiger partial charge in [-0.15, -0.1) is 0 Å². The van der Waals surface area contributed by atoms with Gasteiger partial charge in [-0.2, -0.15) is 0 Å². The zero-order chi connectivity index (χ0) is 24.6. The van der Waals surface area contributed by atoms with Crippen molar-refractivity contribution in [3.05, 3.63) is 48.4 Å². The van der Waals surface area contributed by atoms with Crippen LogP contribution in [0.15, 0.2) is 52.7 Å². The Balaban J connectivity index is 1.45. The number of aliphatic imine (C=N–C) groups is 1. The molecule has 0 spiro atoms. The van der Waals surface area contributed by atoms with E-state index in [1.54, 1.807) is 18.2 Å². The number of esters is 1. The third-order valence-corrected chi connectivity index (χ3v) is 6.26. The molecular weight excluding hydrogens is 476 g/mol. The Morgan fingerprint density at radius 1 is 1.09 bits per heavy atom. The largest absolute Gasteiger partial charge is 0.478 e. The number of hydrogen-bond acceptors (Lipinski definition) is 10. The van der Waals surface area contributed by atoms with E-state index >= 15 is 0 Å². The van der Waals surface area contributed by atoms with Crippen molar-refractivity contribution >= 4 is 21.7 Å². The van der Waals surface area contributed by atoms with Gasteiger partial charge >= 0.3 is 5.97 Å². The molecule has 11 nitrogen and oxygen atoms in total. The maximum Gasteiger partial charge on any atom is 0.347 e. The Hall–Kier alpha value is -3.93. The monoisotopic (exact) mass is 498 g/mol. The molecular formula is C23H22N4O7S. The smallest absolute Gasteiger partial charge is 0.347 e. The number of carbonyl (C=O) groups is 1. The van der Waals surface area contributed by atoms with Gasteiger partial charge < -0.3 is 23.9 Å². The first-order chi connectivity index (χ1) is 16.7. The summed E-state index contributed by atoms with van der Waals surface area (Å²) in [7, 11) is -3.49. The maximum atomic E-state index is 11.9. The molecule has 2 aromatic heterocycles. The highest BCUT2D eigenvalue weighted by atomic mass is 32.2. The van der Waals surface area contributed by atoms with Crippen molar-refractivity contribution in [1.82, 2.24) is 15.0 Å². The predicted octanol–water partition coefficient (Wildman–Crippen LogP) is 2.53. The fourth-order valence-corrected chi connectivity index (χ4v) is 4.07. The quantitative estimate of drug-likeness (QED) is 0.486. The summed E-state index contributed by atoms with van der Waals surface area (Å²) in [4.78, 5) is 27.5. The van der Waals surface area contributed by atoms with Crippen molar-refractivity contribution in [2.75, 3.05) is 19.4 Å². The summed E-state index contributed by atoms with van der Waals surface area (Å²) in [5, 5.41) is -0.160. The number of sulfone groups is 1. The van der Waals surface area contributed by atoms with Crippen LogP contribution < -0.4 is 9.47 Å². The average Bonchev–Trinajstić information content (AvgIpc) is 3.55. The van der Waals surface area contributed by atoms with Gasteiger partial charge in [0.05, 0.1) is 25.5 Å². The lowest BCUT2D eigenvalue weighted by Gasteiger charge is -2.14. The van der Waals surface area contributed by atoms with Crippen LogP contribution in [0.5, 0.6) is 17.4 Å². The van der Waals surface area contributed by atoms with E-state index in [9.17, 15) is 13.2 Å². The molecule has 2 aliphatic rings. The average molecular weight is 499 g/mol. The Bertz CT molecular complexity index is 1400. The van der Waals surface area contributed by atoms with Crippen molar-refractivity contribution in [2.45, 2.75) is 30.6 Å². The lowest BCUT2D eigenvalue weighted by Crippen LogP contribution is -2.21.